The third-order valence-electron chi connectivity index (χ3n) is 3.25. The molecule has 1 saturated heterocycles. The molecule has 2 aliphatic rings. The Labute approximate surface area is 107 Å². The van der Waals surface area contributed by atoms with Crippen LogP contribution >= 0.6 is 15.9 Å². The maximum absolute atomic E-state index is 14.2. The zero-order valence-corrected chi connectivity index (χ0v) is 10.8. The molecule has 1 N–H and O–H groups in total. The molecule has 0 amide bonds. The Morgan fingerprint density at radius 2 is 2.24 bits per heavy atom. The molecule has 0 saturated carbocycles. The number of rotatable bonds is 1. The largest absolute Gasteiger partial charge is 0.454 e. The molecular weight excluding hydrogens is 289 g/mol. The summed E-state index contributed by atoms with van der Waals surface area (Å²) < 4.78 is 25.4. The van der Waals surface area contributed by atoms with Crippen LogP contribution in [0.5, 0.6) is 11.5 Å². The van der Waals surface area contributed by atoms with Crippen molar-refractivity contribution in [2.24, 2.45) is 0 Å². The van der Waals surface area contributed by atoms with E-state index in [1.807, 2.05) is 0 Å². The monoisotopic (exact) mass is 301 g/mol. The molecule has 2 heterocycles. The molecule has 2 aliphatic heterocycles. The average Bonchev–Trinajstić information content (AvgIpc) is 2.79. The van der Waals surface area contributed by atoms with E-state index in [2.05, 4.69) is 21.2 Å². The summed E-state index contributed by atoms with van der Waals surface area (Å²) in [6.45, 7) is 1.09. The number of fused-ring (bicyclic) bond motifs is 1. The smallest absolute Gasteiger partial charge is 0.231 e. The second kappa shape index (κ2) is 4.46. The van der Waals surface area contributed by atoms with Gasteiger partial charge in [-0.3, -0.25) is 0 Å². The van der Waals surface area contributed by atoms with Gasteiger partial charge in [0, 0.05) is 12.1 Å². The Kier molecular flexibility index (Phi) is 2.96. The average molecular weight is 302 g/mol. The first-order valence-corrected chi connectivity index (χ1v) is 6.57. The predicted molar refractivity (Wildman–Crippen MR) is 64.8 cm³/mol. The van der Waals surface area contributed by atoms with Crippen LogP contribution in [-0.4, -0.2) is 13.3 Å². The standard InChI is InChI=1S/C12H13BrFNO2/c13-7-5-9-12(17-6-16-9)10(11(7)14)8-3-1-2-4-15-8/h5,8,15H,1-4,6H2. The molecule has 0 radical (unpaired) electrons. The zero-order chi connectivity index (χ0) is 11.8. The summed E-state index contributed by atoms with van der Waals surface area (Å²) in [6, 6.07) is 1.65. The maximum atomic E-state index is 14.2. The first-order chi connectivity index (χ1) is 8.27. The van der Waals surface area contributed by atoms with Gasteiger partial charge in [-0.05, 0) is 35.3 Å². The van der Waals surface area contributed by atoms with Gasteiger partial charge < -0.3 is 14.8 Å². The molecule has 0 spiro atoms. The highest BCUT2D eigenvalue weighted by molar-refractivity contribution is 9.10. The van der Waals surface area contributed by atoms with Gasteiger partial charge in [-0.2, -0.15) is 0 Å². The summed E-state index contributed by atoms with van der Waals surface area (Å²) in [5.41, 5.74) is 0.603. The van der Waals surface area contributed by atoms with Gasteiger partial charge in [0.2, 0.25) is 6.79 Å². The summed E-state index contributed by atoms with van der Waals surface area (Å²) >= 11 is 3.23. The second-order valence-corrected chi connectivity index (χ2v) is 5.18. The number of nitrogens with one attached hydrogen (secondary N) is 1. The number of hydrogen-bond acceptors (Lipinski definition) is 3. The highest BCUT2D eigenvalue weighted by atomic mass is 79.9. The van der Waals surface area contributed by atoms with Gasteiger partial charge >= 0.3 is 0 Å². The van der Waals surface area contributed by atoms with Crippen molar-refractivity contribution in [3.8, 4) is 11.5 Å². The SMILES string of the molecule is Fc1c(Br)cc2c(c1C1CCCCN1)OCO2. The lowest BCUT2D eigenvalue weighted by Gasteiger charge is -2.25. The fourth-order valence-corrected chi connectivity index (χ4v) is 2.84. The maximum Gasteiger partial charge on any atom is 0.231 e. The van der Waals surface area contributed by atoms with Crippen LogP contribution in [0.25, 0.3) is 0 Å². The van der Waals surface area contributed by atoms with Gasteiger partial charge in [0.1, 0.15) is 5.82 Å². The Balaban J connectivity index is 2.07. The molecule has 3 nitrogen and oxygen atoms in total. The van der Waals surface area contributed by atoms with E-state index in [4.69, 9.17) is 9.47 Å². The Morgan fingerprint density at radius 1 is 1.35 bits per heavy atom. The van der Waals surface area contributed by atoms with Gasteiger partial charge in [-0.15, -0.1) is 0 Å². The van der Waals surface area contributed by atoms with Crippen LogP contribution in [0.1, 0.15) is 30.9 Å². The van der Waals surface area contributed by atoms with Crippen LogP contribution in [0.4, 0.5) is 4.39 Å². The first-order valence-electron chi connectivity index (χ1n) is 5.78. The van der Waals surface area contributed by atoms with Gasteiger partial charge in [-0.25, -0.2) is 4.39 Å². The van der Waals surface area contributed by atoms with Crippen molar-refractivity contribution in [3.05, 3.63) is 21.9 Å². The highest BCUT2D eigenvalue weighted by Gasteiger charge is 2.29. The minimum Gasteiger partial charge on any atom is -0.454 e. The Hall–Kier alpha value is -0.810. The predicted octanol–water partition coefficient (Wildman–Crippen LogP) is 3.13. The number of halogens is 2. The van der Waals surface area contributed by atoms with E-state index < -0.39 is 0 Å². The topological polar surface area (TPSA) is 30.5 Å². The minimum atomic E-state index is -0.242. The van der Waals surface area contributed by atoms with Gasteiger partial charge in [-0.1, -0.05) is 6.42 Å². The van der Waals surface area contributed by atoms with E-state index in [9.17, 15) is 4.39 Å². The molecular formula is C12H13BrFNO2. The Morgan fingerprint density at radius 3 is 3.00 bits per heavy atom. The minimum absolute atomic E-state index is 0.0247. The molecule has 1 aromatic carbocycles. The third-order valence-corrected chi connectivity index (χ3v) is 3.83. The first kappa shape index (κ1) is 11.3. The normalized spacial score (nSPS) is 22.8. The van der Waals surface area contributed by atoms with E-state index in [1.165, 1.54) is 0 Å². The van der Waals surface area contributed by atoms with E-state index in [-0.39, 0.29) is 18.7 Å². The van der Waals surface area contributed by atoms with Crippen LogP contribution in [0.3, 0.4) is 0 Å². The Bertz CT molecular complexity index is 447. The number of hydrogen-bond donors (Lipinski definition) is 1. The van der Waals surface area contributed by atoms with Crippen LogP contribution < -0.4 is 14.8 Å². The van der Waals surface area contributed by atoms with Crippen molar-refractivity contribution in [3.63, 3.8) is 0 Å². The van der Waals surface area contributed by atoms with Crippen molar-refractivity contribution in [1.82, 2.24) is 5.32 Å². The van der Waals surface area contributed by atoms with Crippen molar-refractivity contribution < 1.29 is 13.9 Å². The van der Waals surface area contributed by atoms with Gasteiger partial charge in [0.05, 0.1) is 10.0 Å². The van der Waals surface area contributed by atoms with Crippen molar-refractivity contribution in [1.29, 1.82) is 0 Å². The summed E-state index contributed by atoms with van der Waals surface area (Å²) in [4.78, 5) is 0. The van der Waals surface area contributed by atoms with E-state index in [1.54, 1.807) is 6.07 Å². The highest BCUT2D eigenvalue weighted by Crippen LogP contribution is 2.44. The zero-order valence-electron chi connectivity index (χ0n) is 9.26. The summed E-state index contributed by atoms with van der Waals surface area (Å²) in [5, 5.41) is 3.34. The molecule has 5 heteroatoms. The summed E-state index contributed by atoms with van der Waals surface area (Å²) in [5.74, 6) is 0.944. The van der Waals surface area contributed by atoms with Crippen molar-refractivity contribution in [2.75, 3.05) is 13.3 Å². The molecule has 1 fully saturated rings. The van der Waals surface area contributed by atoms with Gasteiger partial charge in [0.25, 0.3) is 0 Å². The molecule has 0 aliphatic carbocycles. The van der Waals surface area contributed by atoms with E-state index in [0.29, 0.717) is 21.5 Å². The van der Waals surface area contributed by atoms with Crippen LogP contribution in [0.15, 0.2) is 10.5 Å². The van der Waals surface area contributed by atoms with E-state index >= 15 is 0 Å². The molecule has 17 heavy (non-hydrogen) atoms. The second-order valence-electron chi connectivity index (χ2n) is 4.32. The van der Waals surface area contributed by atoms with Crippen molar-refractivity contribution in [2.45, 2.75) is 25.3 Å². The summed E-state index contributed by atoms with van der Waals surface area (Å²) in [7, 11) is 0. The fraction of sp³-hybridized carbons (Fsp3) is 0.500. The molecule has 92 valence electrons. The molecule has 1 atom stereocenters. The lowest BCUT2D eigenvalue weighted by molar-refractivity contribution is 0.172. The van der Waals surface area contributed by atoms with Crippen LogP contribution in [0.2, 0.25) is 0 Å². The molecule has 3 rings (SSSR count). The van der Waals surface area contributed by atoms with E-state index in [0.717, 1.165) is 25.8 Å². The third kappa shape index (κ3) is 1.91. The number of ether oxygens (including phenoxy) is 2. The number of benzene rings is 1. The van der Waals surface area contributed by atoms with Gasteiger partial charge in [0.15, 0.2) is 11.5 Å². The lowest BCUT2D eigenvalue weighted by atomic mass is 9.96. The quantitative estimate of drug-likeness (QED) is 0.864. The van der Waals surface area contributed by atoms with Crippen molar-refractivity contribution >= 4 is 15.9 Å². The lowest BCUT2D eigenvalue weighted by Crippen LogP contribution is -2.27. The number of piperidine rings is 1. The summed E-state index contributed by atoms with van der Waals surface area (Å²) in [6.07, 6.45) is 3.19. The molecule has 1 aromatic rings. The fourth-order valence-electron chi connectivity index (χ4n) is 2.42. The van der Waals surface area contributed by atoms with Crippen LogP contribution in [0, 0.1) is 5.82 Å². The van der Waals surface area contributed by atoms with Crippen LogP contribution in [-0.2, 0) is 0 Å². The molecule has 1 unspecified atom stereocenters. The molecule has 0 bridgehead atoms. The molecule has 0 aromatic heterocycles.